The number of nitrogens with zero attached hydrogens (tertiary/aromatic N) is 1. The summed E-state index contributed by atoms with van der Waals surface area (Å²) in [7, 11) is 0. The maximum Gasteiger partial charge on any atom is 0.244 e. The lowest BCUT2D eigenvalue weighted by Gasteiger charge is -2.05. The van der Waals surface area contributed by atoms with Crippen molar-refractivity contribution in [2.45, 2.75) is 6.54 Å². The van der Waals surface area contributed by atoms with Gasteiger partial charge in [0.2, 0.25) is 11.8 Å². The van der Waals surface area contributed by atoms with Crippen molar-refractivity contribution >= 4 is 28.7 Å². The van der Waals surface area contributed by atoms with E-state index in [0.717, 1.165) is 21.9 Å². The van der Waals surface area contributed by atoms with Crippen LogP contribution in [0.15, 0.2) is 73.1 Å². The number of nitrogens with one attached hydrogen (secondary N) is 2. The largest absolute Gasteiger partial charge is 0.350 e. The number of rotatable bonds is 6. The monoisotopic (exact) mass is 345 g/mol. The number of pyridine rings is 1. The van der Waals surface area contributed by atoms with Crippen LogP contribution in [0.2, 0.25) is 0 Å². The molecule has 3 aromatic rings. The first kappa shape index (κ1) is 17.4. The zero-order valence-electron chi connectivity index (χ0n) is 14.2. The molecule has 0 saturated heterocycles. The maximum atomic E-state index is 11.9. The second-order valence-corrected chi connectivity index (χ2v) is 5.75. The number of carbonyl (C=O) groups excluding carboxylic acids is 2. The lowest BCUT2D eigenvalue weighted by molar-refractivity contribution is -0.124. The number of hydrogen-bond donors (Lipinski definition) is 2. The van der Waals surface area contributed by atoms with Gasteiger partial charge in [0.25, 0.3) is 0 Å². The molecule has 0 atom stereocenters. The summed E-state index contributed by atoms with van der Waals surface area (Å²) in [5.41, 5.74) is 1.91. The topological polar surface area (TPSA) is 71.1 Å². The van der Waals surface area contributed by atoms with Gasteiger partial charge in [-0.3, -0.25) is 14.6 Å². The van der Waals surface area contributed by atoms with Crippen LogP contribution in [0.4, 0.5) is 0 Å². The Labute approximate surface area is 151 Å². The number of fused-ring (bicyclic) bond motifs is 1. The van der Waals surface area contributed by atoms with Crippen LogP contribution in [0.5, 0.6) is 0 Å². The molecule has 0 bridgehead atoms. The summed E-state index contributed by atoms with van der Waals surface area (Å²) >= 11 is 0. The molecule has 1 aromatic heterocycles. The van der Waals surface area contributed by atoms with E-state index < -0.39 is 0 Å². The third-order valence-electron chi connectivity index (χ3n) is 3.90. The lowest BCUT2D eigenvalue weighted by Crippen LogP contribution is -2.35. The first-order valence-corrected chi connectivity index (χ1v) is 8.31. The highest BCUT2D eigenvalue weighted by Gasteiger charge is 2.03. The summed E-state index contributed by atoms with van der Waals surface area (Å²) in [5, 5.41) is 7.53. The summed E-state index contributed by atoms with van der Waals surface area (Å²) in [5.74, 6) is -0.550. The van der Waals surface area contributed by atoms with Crippen LogP contribution >= 0.6 is 0 Å². The molecule has 2 N–H and O–H groups in total. The van der Waals surface area contributed by atoms with Crippen LogP contribution in [-0.2, 0) is 16.1 Å². The summed E-state index contributed by atoms with van der Waals surface area (Å²) in [4.78, 5) is 27.7. The smallest absolute Gasteiger partial charge is 0.244 e. The Morgan fingerprint density at radius 3 is 2.54 bits per heavy atom. The molecule has 1 heterocycles. The third kappa shape index (κ3) is 4.77. The van der Waals surface area contributed by atoms with Crippen molar-refractivity contribution in [2.24, 2.45) is 0 Å². The SMILES string of the molecule is O=C(/C=C/c1cccc2ccccc12)NCC(=O)NCc1ccncc1. The normalized spacial score (nSPS) is 10.8. The van der Waals surface area contributed by atoms with Crippen LogP contribution in [0.1, 0.15) is 11.1 Å². The molecular formula is C21H19N3O2. The van der Waals surface area contributed by atoms with Crippen molar-refractivity contribution in [2.75, 3.05) is 6.54 Å². The number of amides is 2. The van der Waals surface area contributed by atoms with E-state index in [1.54, 1.807) is 18.5 Å². The van der Waals surface area contributed by atoms with Crippen LogP contribution in [0, 0.1) is 0 Å². The predicted molar refractivity (Wildman–Crippen MR) is 102 cm³/mol. The molecule has 5 nitrogen and oxygen atoms in total. The molecular weight excluding hydrogens is 326 g/mol. The summed E-state index contributed by atoms with van der Waals surface area (Å²) < 4.78 is 0. The van der Waals surface area contributed by atoms with Gasteiger partial charge >= 0.3 is 0 Å². The van der Waals surface area contributed by atoms with Gasteiger partial charge in [-0.2, -0.15) is 0 Å². The minimum Gasteiger partial charge on any atom is -0.350 e. The molecule has 0 saturated carbocycles. The molecule has 0 aliphatic rings. The zero-order chi connectivity index (χ0) is 18.2. The highest BCUT2D eigenvalue weighted by Crippen LogP contribution is 2.19. The molecule has 0 fully saturated rings. The van der Waals surface area contributed by atoms with Gasteiger partial charge in [0.05, 0.1) is 6.54 Å². The van der Waals surface area contributed by atoms with Gasteiger partial charge in [-0.1, -0.05) is 42.5 Å². The van der Waals surface area contributed by atoms with E-state index in [4.69, 9.17) is 0 Å². The van der Waals surface area contributed by atoms with E-state index in [0.29, 0.717) is 6.54 Å². The van der Waals surface area contributed by atoms with Crippen molar-refractivity contribution in [3.05, 3.63) is 84.2 Å². The molecule has 0 spiro atoms. The highest BCUT2D eigenvalue weighted by atomic mass is 16.2. The van der Waals surface area contributed by atoms with E-state index in [-0.39, 0.29) is 18.4 Å². The summed E-state index contributed by atoms with van der Waals surface area (Å²) in [6.07, 6.45) is 6.53. The first-order valence-electron chi connectivity index (χ1n) is 8.31. The fraction of sp³-hybridized carbons (Fsp3) is 0.0952. The third-order valence-corrected chi connectivity index (χ3v) is 3.90. The first-order chi connectivity index (χ1) is 12.7. The zero-order valence-corrected chi connectivity index (χ0v) is 14.2. The second-order valence-electron chi connectivity index (χ2n) is 5.75. The van der Waals surface area contributed by atoms with Gasteiger partial charge in [0, 0.05) is 25.0 Å². The van der Waals surface area contributed by atoms with Gasteiger partial charge in [0.15, 0.2) is 0 Å². The number of aromatic nitrogens is 1. The van der Waals surface area contributed by atoms with Crippen LogP contribution in [0.3, 0.4) is 0 Å². The Hall–Kier alpha value is -3.47. The van der Waals surface area contributed by atoms with E-state index in [2.05, 4.69) is 15.6 Å². The van der Waals surface area contributed by atoms with E-state index in [1.807, 2.05) is 54.6 Å². The van der Waals surface area contributed by atoms with Crippen molar-refractivity contribution < 1.29 is 9.59 Å². The molecule has 26 heavy (non-hydrogen) atoms. The van der Waals surface area contributed by atoms with Gasteiger partial charge in [-0.15, -0.1) is 0 Å². The fourth-order valence-corrected chi connectivity index (χ4v) is 2.55. The Balaban J connectivity index is 1.50. The molecule has 5 heteroatoms. The minimum absolute atomic E-state index is 0.0657. The molecule has 2 amide bonds. The van der Waals surface area contributed by atoms with Gasteiger partial charge in [-0.25, -0.2) is 0 Å². The van der Waals surface area contributed by atoms with Crippen molar-refractivity contribution in [1.82, 2.24) is 15.6 Å². The van der Waals surface area contributed by atoms with Gasteiger partial charge in [-0.05, 0) is 40.1 Å². The fourth-order valence-electron chi connectivity index (χ4n) is 2.55. The molecule has 0 aliphatic heterocycles. The van der Waals surface area contributed by atoms with Crippen molar-refractivity contribution in [3.8, 4) is 0 Å². The molecule has 0 aliphatic carbocycles. The standard InChI is InChI=1S/C21H19N3O2/c25-20(24-15-21(26)23-14-16-10-12-22-13-11-16)9-8-18-6-3-5-17-4-1-2-7-19(17)18/h1-13H,14-15H2,(H,23,26)(H,24,25)/b9-8+. The molecule has 2 aromatic carbocycles. The Morgan fingerprint density at radius 2 is 1.69 bits per heavy atom. The average Bonchev–Trinajstić information content (AvgIpc) is 2.70. The summed E-state index contributed by atoms with van der Waals surface area (Å²) in [6, 6.07) is 17.6. The number of hydrogen-bond acceptors (Lipinski definition) is 3. The Bertz CT molecular complexity index is 931. The second kappa shape index (κ2) is 8.58. The quantitative estimate of drug-likeness (QED) is 0.675. The van der Waals surface area contributed by atoms with Crippen molar-refractivity contribution in [1.29, 1.82) is 0 Å². The molecule has 3 rings (SSSR count). The van der Waals surface area contributed by atoms with E-state index >= 15 is 0 Å². The molecule has 0 radical (unpaired) electrons. The minimum atomic E-state index is -0.308. The maximum absolute atomic E-state index is 11.9. The number of benzene rings is 2. The molecule has 0 unspecified atom stereocenters. The Kier molecular flexibility index (Phi) is 5.72. The summed E-state index contributed by atoms with van der Waals surface area (Å²) in [6.45, 7) is 0.340. The molecule has 130 valence electrons. The van der Waals surface area contributed by atoms with Gasteiger partial charge in [0.1, 0.15) is 0 Å². The van der Waals surface area contributed by atoms with Crippen molar-refractivity contribution in [3.63, 3.8) is 0 Å². The Morgan fingerprint density at radius 1 is 0.923 bits per heavy atom. The van der Waals surface area contributed by atoms with Crippen LogP contribution in [0.25, 0.3) is 16.8 Å². The van der Waals surface area contributed by atoms with Crippen LogP contribution in [-0.4, -0.2) is 23.3 Å². The van der Waals surface area contributed by atoms with E-state index in [9.17, 15) is 9.59 Å². The van der Waals surface area contributed by atoms with E-state index in [1.165, 1.54) is 6.08 Å². The van der Waals surface area contributed by atoms with Gasteiger partial charge < -0.3 is 10.6 Å². The number of carbonyl (C=O) groups is 2. The van der Waals surface area contributed by atoms with Crippen LogP contribution < -0.4 is 10.6 Å². The average molecular weight is 345 g/mol. The lowest BCUT2D eigenvalue weighted by atomic mass is 10.0. The highest BCUT2D eigenvalue weighted by molar-refractivity contribution is 5.97. The predicted octanol–water partition coefficient (Wildman–Crippen LogP) is 2.68.